The number of imide groups is 1. The van der Waals surface area contributed by atoms with Gasteiger partial charge in [0.2, 0.25) is 17.7 Å². The van der Waals surface area contributed by atoms with E-state index in [0.717, 1.165) is 5.39 Å². The number of amides is 3. The second kappa shape index (κ2) is 5.19. The van der Waals surface area contributed by atoms with Crippen molar-refractivity contribution in [3.8, 4) is 0 Å². The number of nitrogens with zero attached hydrogens (tertiary/aromatic N) is 3. The van der Waals surface area contributed by atoms with Gasteiger partial charge in [-0.2, -0.15) is 0 Å². The summed E-state index contributed by atoms with van der Waals surface area (Å²) in [5, 5.41) is 4.79. The Hall–Kier alpha value is -2.70. The minimum absolute atomic E-state index is 0.0700. The van der Waals surface area contributed by atoms with Crippen LogP contribution in [-0.2, 0) is 20.8 Å². The SMILES string of the molecule is O=C(Cc1noc2ccccc12)N1CC(N2C(=O)CCC2=O)C1. The summed E-state index contributed by atoms with van der Waals surface area (Å²) in [6, 6.07) is 7.23. The molecular formula is C16H15N3O4. The summed E-state index contributed by atoms with van der Waals surface area (Å²) in [5.41, 5.74) is 1.27. The quantitative estimate of drug-likeness (QED) is 0.780. The molecule has 2 saturated heterocycles. The number of carbonyl (C=O) groups excluding carboxylic acids is 3. The summed E-state index contributed by atoms with van der Waals surface area (Å²) in [6.45, 7) is 0.818. The predicted molar refractivity (Wildman–Crippen MR) is 79.2 cm³/mol. The third-order valence-electron chi connectivity index (χ3n) is 4.44. The molecule has 0 saturated carbocycles. The lowest BCUT2D eigenvalue weighted by Gasteiger charge is -2.43. The summed E-state index contributed by atoms with van der Waals surface area (Å²) >= 11 is 0. The molecule has 23 heavy (non-hydrogen) atoms. The van der Waals surface area contributed by atoms with Crippen LogP contribution in [0.5, 0.6) is 0 Å². The Morgan fingerprint density at radius 2 is 1.87 bits per heavy atom. The average Bonchev–Trinajstić information content (AvgIpc) is 3.04. The van der Waals surface area contributed by atoms with Crippen molar-refractivity contribution in [1.82, 2.24) is 15.0 Å². The zero-order valence-corrected chi connectivity index (χ0v) is 12.4. The highest BCUT2D eigenvalue weighted by Crippen LogP contribution is 2.24. The van der Waals surface area contributed by atoms with Gasteiger partial charge in [-0.15, -0.1) is 0 Å². The lowest BCUT2D eigenvalue weighted by molar-refractivity contribution is -0.151. The standard InChI is InChI=1S/C16H15N3O4/c20-14-5-6-15(21)19(14)10-8-18(9-10)16(22)7-12-11-3-1-2-4-13(11)23-17-12/h1-4,10H,5-9H2. The predicted octanol–water partition coefficient (Wildman–Crippen LogP) is 0.730. The molecule has 118 valence electrons. The van der Waals surface area contributed by atoms with E-state index in [1.54, 1.807) is 11.0 Å². The van der Waals surface area contributed by atoms with Crippen LogP contribution < -0.4 is 0 Å². The molecule has 0 radical (unpaired) electrons. The molecule has 2 aliphatic heterocycles. The molecular weight excluding hydrogens is 298 g/mol. The first-order valence-electron chi connectivity index (χ1n) is 7.59. The molecule has 7 nitrogen and oxygen atoms in total. The molecule has 3 amide bonds. The third kappa shape index (κ3) is 2.28. The molecule has 0 aliphatic carbocycles. The van der Waals surface area contributed by atoms with E-state index < -0.39 is 0 Å². The maximum Gasteiger partial charge on any atom is 0.230 e. The zero-order valence-electron chi connectivity index (χ0n) is 12.4. The first kappa shape index (κ1) is 13.9. The number of benzene rings is 1. The molecule has 0 N–H and O–H groups in total. The first-order valence-corrected chi connectivity index (χ1v) is 7.59. The molecule has 2 aromatic rings. The van der Waals surface area contributed by atoms with E-state index >= 15 is 0 Å². The normalized spacial score (nSPS) is 18.8. The molecule has 3 heterocycles. The van der Waals surface area contributed by atoms with Crippen LogP contribution >= 0.6 is 0 Å². The van der Waals surface area contributed by atoms with Gasteiger partial charge in [-0.1, -0.05) is 17.3 Å². The Labute approximate surface area is 131 Å². The van der Waals surface area contributed by atoms with Crippen molar-refractivity contribution >= 4 is 28.7 Å². The fourth-order valence-electron chi connectivity index (χ4n) is 3.14. The molecule has 7 heteroatoms. The number of para-hydroxylation sites is 1. The minimum atomic E-state index is -0.171. The van der Waals surface area contributed by atoms with Gasteiger partial charge in [0.25, 0.3) is 0 Å². The van der Waals surface area contributed by atoms with Crippen LogP contribution in [0, 0.1) is 0 Å². The fraction of sp³-hybridized carbons (Fsp3) is 0.375. The van der Waals surface area contributed by atoms with E-state index in [1.165, 1.54) is 4.90 Å². The second-order valence-electron chi connectivity index (χ2n) is 5.91. The van der Waals surface area contributed by atoms with Crippen molar-refractivity contribution < 1.29 is 18.9 Å². The number of hydrogen-bond acceptors (Lipinski definition) is 5. The maximum atomic E-state index is 12.3. The highest BCUT2D eigenvalue weighted by atomic mass is 16.5. The molecule has 1 aromatic carbocycles. The molecule has 4 rings (SSSR count). The van der Waals surface area contributed by atoms with Gasteiger partial charge in [-0.05, 0) is 12.1 Å². The second-order valence-corrected chi connectivity index (χ2v) is 5.91. The summed E-state index contributed by atoms with van der Waals surface area (Å²) in [6.07, 6.45) is 0.730. The molecule has 2 fully saturated rings. The Bertz CT molecular complexity index is 791. The Balaban J connectivity index is 1.40. The van der Waals surface area contributed by atoms with Crippen molar-refractivity contribution in [1.29, 1.82) is 0 Å². The highest BCUT2D eigenvalue weighted by Gasteiger charge is 2.42. The van der Waals surface area contributed by atoms with E-state index in [1.807, 2.05) is 18.2 Å². The lowest BCUT2D eigenvalue weighted by atomic mass is 10.1. The Morgan fingerprint density at radius 3 is 2.61 bits per heavy atom. The van der Waals surface area contributed by atoms with Gasteiger partial charge < -0.3 is 9.42 Å². The molecule has 2 aliphatic rings. The topological polar surface area (TPSA) is 83.7 Å². The number of carbonyl (C=O) groups is 3. The van der Waals surface area contributed by atoms with Gasteiger partial charge in [0.1, 0.15) is 5.69 Å². The number of likely N-dealkylation sites (tertiary alicyclic amines) is 2. The number of aromatic nitrogens is 1. The monoisotopic (exact) mass is 313 g/mol. The van der Waals surface area contributed by atoms with Gasteiger partial charge in [-0.3, -0.25) is 19.3 Å². The van der Waals surface area contributed by atoms with E-state index in [9.17, 15) is 14.4 Å². The zero-order chi connectivity index (χ0) is 16.0. The molecule has 0 unspecified atom stereocenters. The van der Waals surface area contributed by atoms with E-state index in [0.29, 0.717) is 24.4 Å². The third-order valence-corrected chi connectivity index (χ3v) is 4.44. The summed E-state index contributed by atoms with van der Waals surface area (Å²) in [4.78, 5) is 38.6. The number of hydrogen-bond donors (Lipinski definition) is 0. The van der Waals surface area contributed by atoms with Crippen LogP contribution in [0.1, 0.15) is 18.5 Å². The number of fused-ring (bicyclic) bond motifs is 1. The lowest BCUT2D eigenvalue weighted by Crippen LogP contribution is -2.62. The molecule has 0 spiro atoms. The maximum absolute atomic E-state index is 12.3. The van der Waals surface area contributed by atoms with E-state index in [4.69, 9.17) is 4.52 Å². The number of rotatable bonds is 3. The molecule has 0 bridgehead atoms. The van der Waals surface area contributed by atoms with Gasteiger partial charge in [0.15, 0.2) is 5.58 Å². The van der Waals surface area contributed by atoms with Gasteiger partial charge >= 0.3 is 0 Å². The summed E-state index contributed by atoms with van der Waals surface area (Å²) in [5.74, 6) is -0.330. The van der Waals surface area contributed by atoms with Crippen LogP contribution in [0.3, 0.4) is 0 Å². The average molecular weight is 313 g/mol. The molecule has 1 aromatic heterocycles. The van der Waals surface area contributed by atoms with Crippen molar-refractivity contribution in [2.45, 2.75) is 25.3 Å². The van der Waals surface area contributed by atoms with Gasteiger partial charge in [0.05, 0.1) is 12.5 Å². The van der Waals surface area contributed by atoms with E-state index in [-0.39, 0.29) is 43.0 Å². The summed E-state index contributed by atoms with van der Waals surface area (Å²) in [7, 11) is 0. The fourth-order valence-corrected chi connectivity index (χ4v) is 3.14. The van der Waals surface area contributed by atoms with Crippen molar-refractivity contribution in [2.24, 2.45) is 0 Å². The summed E-state index contributed by atoms with van der Waals surface area (Å²) < 4.78 is 5.19. The Morgan fingerprint density at radius 1 is 1.17 bits per heavy atom. The van der Waals surface area contributed by atoms with Crippen LogP contribution in [0.15, 0.2) is 28.8 Å². The largest absolute Gasteiger partial charge is 0.356 e. The minimum Gasteiger partial charge on any atom is -0.356 e. The first-order chi connectivity index (χ1) is 11.1. The van der Waals surface area contributed by atoms with Crippen molar-refractivity contribution in [3.05, 3.63) is 30.0 Å². The van der Waals surface area contributed by atoms with E-state index in [2.05, 4.69) is 5.16 Å². The van der Waals surface area contributed by atoms with Crippen LogP contribution in [0.4, 0.5) is 0 Å². The van der Waals surface area contributed by atoms with Crippen LogP contribution in [0.2, 0.25) is 0 Å². The van der Waals surface area contributed by atoms with Crippen LogP contribution in [0.25, 0.3) is 11.0 Å². The van der Waals surface area contributed by atoms with Crippen LogP contribution in [-0.4, -0.2) is 51.8 Å². The van der Waals surface area contributed by atoms with Gasteiger partial charge in [-0.25, -0.2) is 0 Å². The molecule has 0 atom stereocenters. The Kier molecular flexibility index (Phi) is 3.14. The van der Waals surface area contributed by atoms with Crippen molar-refractivity contribution in [2.75, 3.05) is 13.1 Å². The van der Waals surface area contributed by atoms with Crippen molar-refractivity contribution in [3.63, 3.8) is 0 Å². The van der Waals surface area contributed by atoms with Gasteiger partial charge in [0, 0.05) is 31.3 Å². The highest BCUT2D eigenvalue weighted by molar-refractivity contribution is 6.02. The smallest absolute Gasteiger partial charge is 0.230 e.